The van der Waals surface area contributed by atoms with Crippen molar-refractivity contribution in [1.82, 2.24) is 9.97 Å². The highest BCUT2D eigenvalue weighted by molar-refractivity contribution is 5.64. The van der Waals surface area contributed by atoms with E-state index in [-0.39, 0.29) is 5.69 Å². The molecule has 0 aliphatic heterocycles. The van der Waals surface area contributed by atoms with E-state index >= 15 is 0 Å². The lowest BCUT2D eigenvalue weighted by molar-refractivity contribution is -0.384. The zero-order valence-electron chi connectivity index (χ0n) is 9.96. The summed E-state index contributed by atoms with van der Waals surface area (Å²) < 4.78 is 0. The van der Waals surface area contributed by atoms with Gasteiger partial charge in [0.2, 0.25) is 0 Å². The lowest BCUT2D eigenvalue weighted by atomic mass is 10.2. The number of H-pyrrole nitrogens is 1. The molecule has 0 fully saturated rings. The number of imidazole rings is 1. The van der Waals surface area contributed by atoms with Crippen LogP contribution in [0.3, 0.4) is 0 Å². The van der Waals surface area contributed by atoms with E-state index in [0.29, 0.717) is 24.2 Å². The van der Waals surface area contributed by atoms with E-state index in [0.717, 1.165) is 5.82 Å². The molecule has 0 bridgehead atoms. The van der Waals surface area contributed by atoms with Crippen molar-refractivity contribution in [3.8, 4) is 6.07 Å². The Labute approximate surface area is 109 Å². The van der Waals surface area contributed by atoms with Gasteiger partial charge in [-0.2, -0.15) is 5.26 Å². The van der Waals surface area contributed by atoms with E-state index in [1.54, 1.807) is 12.4 Å². The van der Waals surface area contributed by atoms with Crippen LogP contribution >= 0.6 is 0 Å². The van der Waals surface area contributed by atoms with Crippen LogP contribution in [0.25, 0.3) is 0 Å². The minimum Gasteiger partial charge on any atom is -0.379 e. The molecule has 0 aliphatic carbocycles. The first-order valence-electron chi connectivity index (χ1n) is 5.61. The molecular weight excluding hydrogens is 246 g/mol. The average molecular weight is 257 g/mol. The standard InChI is InChI=1S/C12H11N5O2/c13-8-9-1-2-11(17(18)19)10(7-9)14-4-3-12-15-5-6-16-12/h1-2,5-7,14H,3-4H2,(H,15,16). The Morgan fingerprint density at radius 1 is 1.53 bits per heavy atom. The number of nitro groups is 1. The van der Waals surface area contributed by atoms with Gasteiger partial charge in [0.25, 0.3) is 5.69 Å². The Morgan fingerprint density at radius 2 is 2.37 bits per heavy atom. The van der Waals surface area contributed by atoms with Crippen molar-refractivity contribution in [3.63, 3.8) is 0 Å². The van der Waals surface area contributed by atoms with Crippen LogP contribution in [0.5, 0.6) is 0 Å². The number of nitrogens with one attached hydrogen (secondary N) is 2. The molecule has 7 heteroatoms. The van der Waals surface area contributed by atoms with E-state index in [2.05, 4.69) is 15.3 Å². The number of nitro benzene ring substituents is 1. The molecule has 0 saturated heterocycles. The van der Waals surface area contributed by atoms with Gasteiger partial charge in [0.15, 0.2) is 0 Å². The molecule has 2 N–H and O–H groups in total. The summed E-state index contributed by atoms with van der Waals surface area (Å²) in [6.45, 7) is 0.489. The second-order valence-electron chi connectivity index (χ2n) is 3.81. The van der Waals surface area contributed by atoms with Crippen molar-refractivity contribution in [2.75, 3.05) is 11.9 Å². The number of nitrogens with zero attached hydrogens (tertiary/aromatic N) is 3. The number of rotatable bonds is 5. The number of aromatic amines is 1. The molecule has 2 rings (SSSR count). The second kappa shape index (κ2) is 5.64. The number of hydrogen-bond acceptors (Lipinski definition) is 5. The molecule has 1 heterocycles. The summed E-state index contributed by atoms with van der Waals surface area (Å²) in [5.41, 5.74) is 0.681. The molecule has 96 valence electrons. The third-order valence-electron chi connectivity index (χ3n) is 2.55. The highest BCUT2D eigenvalue weighted by Crippen LogP contribution is 2.25. The van der Waals surface area contributed by atoms with Gasteiger partial charge in [-0.05, 0) is 12.1 Å². The lowest BCUT2D eigenvalue weighted by Crippen LogP contribution is -2.08. The fraction of sp³-hybridized carbons (Fsp3) is 0.167. The Balaban J connectivity index is 2.09. The van der Waals surface area contributed by atoms with Crippen molar-refractivity contribution >= 4 is 11.4 Å². The van der Waals surface area contributed by atoms with Crippen LogP contribution in [-0.4, -0.2) is 21.4 Å². The van der Waals surface area contributed by atoms with Gasteiger partial charge in [0, 0.05) is 31.4 Å². The first kappa shape index (κ1) is 12.6. The number of hydrogen-bond donors (Lipinski definition) is 2. The van der Waals surface area contributed by atoms with Gasteiger partial charge in [-0.25, -0.2) is 4.98 Å². The van der Waals surface area contributed by atoms with Gasteiger partial charge in [-0.3, -0.25) is 10.1 Å². The third-order valence-corrected chi connectivity index (χ3v) is 2.55. The summed E-state index contributed by atoms with van der Waals surface area (Å²) in [4.78, 5) is 17.4. The average Bonchev–Trinajstić information content (AvgIpc) is 2.91. The summed E-state index contributed by atoms with van der Waals surface area (Å²) in [7, 11) is 0. The molecule has 19 heavy (non-hydrogen) atoms. The molecule has 1 aromatic carbocycles. The fourth-order valence-electron chi connectivity index (χ4n) is 1.66. The van der Waals surface area contributed by atoms with Gasteiger partial charge in [-0.1, -0.05) is 0 Å². The largest absolute Gasteiger partial charge is 0.379 e. The quantitative estimate of drug-likeness (QED) is 0.627. The first-order chi connectivity index (χ1) is 9.20. The van der Waals surface area contributed by atoms with Crippen molar-refractivity contribution in [3.05, 3.63) is 52.1 Å². The van der Waals surface area contributed by atoms with Gasteiger partial charge < -0.3 is 10.3 Å². The summed E-state index contributed by atoms with van der Waals surface area (Å²) in [5.74, 6) is 0.798. The highest BCUT2D eigenvalue weighted by atomic mass is 16.6. The number of aromatic nitrogens is 2. The Morgan fingerprint density at radius 3 is 3.00 bits per heavy atom. The second-order valence-corrected chi connectivity index (χ2v) is 3.81. The van der Waals surface area contributed by atoms with Crippen LogP contribution in [0.15, 0.2) is 30.6 Å². The van der Waals surface area contributed by atoms with E-state index in [4.69, 9.17) is 5.26 Å². The zero-order chi connectivity index (χ0) is 13.7. The molecule has 0 aliphatic rings. The lowest BCUT2D eigenvalue weighted by Gasteiger charge is -2.06. The molecule has 2 aromatic rings. The molecule has 0 unspecified atom stereocenters. The predicted molar refractivity (Wildman–Crippen MR) is 68.6 cm³/mol. The van der Waals surface area contributed by atoms with Crippen LogP contribution in [0, 0.1) is 21.4 Å². The monoisotopic (exact) mass is 257 g/mol. The molecule has 0 radical (unpaired) electrons. The van der Waals surface area contributed by atoms with Gasteiger partial charge in [0.05, 0.1) is 16.6 Å². The van der Waals surface area contributed by atoms with Crippen LogP contribution in [-0.2, 0) is 6.42 Å². The first-order valence-corrected chi connectivity index (χ1v) is 5.61. The van der Waals surface area contributed by atoms with E-state index in [1.807, 2.05) is 6.07 Å². The maximum atomic E-state index is 10.9. The minimum atomic E-state index is -0.476. The van der Waals surface area contributed by atoms with Gasteiger partial charge >= 0.3 is 0 Å². The molecule has 1 aromatic heterocycles. The molecular formula is C12H11N5O2. The zero-order valence-corrected chi connectivity index (χ0v) is 9.96. The molecule has 0 atom stereocenters. The number of benzene rings is 1. The summed E-state index contributed by atoms with van der Waals surface area (Å²) in [6.07, 6.45) is 3.98. The van der Waals surface area contributed by atoms with Crippen LogP contribution in [0.2, 0.25) is 0 Å². The van der Waals surface area contributed by atoms with Crippen LogP contribution in [0.1, 0.15) is 11.4 Å². The van der Waals surface area contributed by atoms with Crippen LogP contribution in [0.4, 0.5) is 11.4 Å². The molecule has 0 amide bonds. The maximum absolute atomic E-state index is 10.9. The normalized spacial score (nSPS) is 9.84. The van der Waals surface area contributed by atoms with E-state index < -0.39 is 4.92 Å². The summed E-state index contributed by atoms with van der Waals surface area (Å²) >= 11 is 0. The van der Waals surface area contributed by atoms with E-state index in [9.17, 15) is 10.1 Å². The van der Waals surface area contributed by atoms with Crippen molar-refractivity contribution in [2.45, 2.75) is 6.42 Å². The number of nitriles is 1. The molecule has 0 spiro atoms. The Kier molecular flexibility index (Phi) is 3.73. The SMILES string of the molecule is N#Cc1ccc([N+](=O)[O-])c(NCCc2ncc[nH]2)c1. The highest BCUT2D eigenvalue weighted by Gasteiger charge is 2.13. The predicted octanol–water partition coefficient (Wildman–Crippen LogP) is 1.84. The van der Waals surface area contributed by atoms with Gasteiger partial charge in [-0.15, -0.1) is 0 Å². The van der Waals surface area contributed by atoms with Crippen molar-refractivity contribution in [1.29, 1.82) is 5.26 Å². The maximum Gasteiger partial charge on any atom is 0.292 e. The number of anilines is 1. The minimum absolute atomic E-state index is 0.0431. The van der Waals surface area contributed by atoms with Crippen molar-refractivity contribution in [2.24, 2.45) is 0 Å². The smallest absolute Gasteiger partial charge is 0.292 e. The summed E-state index contributed by atoms with van der Waals surface area (Å²) in [5, 5.41) is 22.6. The molecule has 0 saturated carbocycles. The van der Waals surface area contributed by atoms with Crippen LogP contribution < -0.4 is 5.32 Å². The van der Waals surface area contributed by atoms with E-state index in [1.165, 1.54) is 18.2 Å². The molecule has 7 nitrogen and oxygen atoms in total. The van der Waals surface area contributed by atoms with Gasteiger partial charge in [0.1, 0.15) is 11.5 Å². The Hall–Kier alpha value is -2.88. The Bertz CT molecular complexity index is 616. The summed E-state index contributed by atoms with van der Waals surface area (Å²) in [6, 6.07) is 6.18. The fourth-order valence-corrected chi connectivity index (χ4v) is 1.66. The third kappa shape index (κ3) is 3.07. The van der Waals surface area contributed by atoms with Crippen molar-refractivity contribution < 1.29 is 4.92 Å². The topological polar surface area (TPSA) is 108 Å².